The fourth-order valence-electron chi connectivity index (χ4n) is 1.84. The fourth-order valence-corrected chi connectivity index (χ4v) is 1.84. The molecule has 0 atom stereocenters. The third-order valence-electron chi connectivity index (χ3n) is 2.88. The van der Waals surface area contributed by atoms with Gasteiger partial charge in [-0.05, 0) is 30.3 Å². The molecule has 1 amide bonds. The molecule has 0 radical (unpaired) electrons. The monoisotopic (exact) mass is 273 g/mol. The molecule has 5 nitrogen and oxygen atoms in total. The maximum Gasteiger partial charge on any atom is 0.258 e. The van der Waals surface area contributed by atoms with E-state index in [4.69, 9.17) is 10.2 Å². The van der Waals surface area contributed by atoms with Gasteiger partial charge in [0.15, 0.2) is 0 Å². The number of carbonyl (C=O) groups is 1. The summed E-state index contributed by atoms with van der Waals surface area (Å²) >= 11 is 0. The summed E-state index contributed by atoms with van der Waals surface area (Å²) in [5.41, 5.74) is 7.81. The van der Waals surface area contributed by atoms with E-state index in [1.807, 2.05) is 24.3 Å². The van der Waals surface area contributed by atoms with Crippen LogP contribution in [-0.4, -0.2) is 12.5 Å². The topological polar surface area (TPSA) is 80.3 Å². The van der Waals surface area contributed by atoms with Crippen molar-refractivity contribution in [3.05, 3.63) is 53.5 Å². The van der Waals surface area contributed by atoms with Crippen molar-refractivity contribution in [2.75, 3.05) is 11.9 Å². The van der Waals surface area contributed by atoms with E-state index < -0.39 is 0 Å². The molecule has 0 unspecified atom stereocenters. The van der Waals surface area contributed by atoms with Crippen LogP contribution in [0.15, 0.2) is 41.0 Å². The molecule has 0 bridgehead atoms. The summed E-state index contributed by atoms with van der Waals surface area (Å²) in [6.07, 6.45) is 1.42. The summed E-state index contributed by atoms with van der Waals surface area (Å²) in [5.74, 6) is 0.394. The molecule has 4 N–H and O–H groups in total. The zero-order chi connectivity index (χ0) is 14.4. The number of benzene rings is 1. The predicted octanol–water partition coefficient (Wildman–Crippen LogP) is 2.10. The van der Waals surface area contributed by atoms with Gasteiger partial charge in [0.2, 0.25) is 0 Å². The first-order chi connectivity index (χ1) is 9.72. The van der Waals surface area contributed by atoms with Crippen LogP contribution in [0.3, 0.4) is 0 Å². The highest BCUT2D eigenvalue weighted by Gasteiger charge is 2.10. The first kappa shape index (κ1) is 14.3. The van der Waals surface area contributed by atoms with Crippen LogP contribution in [0, 0.1) is 0 Å². The van der Waals surface area contributed by atoms with Gasteiger partial charge in [-0.3, -0.25) is 4.79 Å². The van der Waals surface area contributed by atoms with Gasteiger partial charge in [-0.25, -0.2) is 0 Å². The van der Waals surface area contributed by atoms with Crippen LogP contribution in [0.4, 0.5) is 5.69 Å². The number of nitrogens with one attached hydrogen (secondary N) is 2. The highest BCUT2D eigenvalue weighted by atomic mass is 16.3. The van der Waals surface area contributed by atoms with Crippen molar-refractivity contribution in [3.63, 3.8) is 0 Å². The Balaban J connectivity index is 2.03. The second kappa shape index (κ2) is 6.88. The predicted molar refractivity (Wildman–Crippen MR) is 78.4 cm³/mol. The average molecular weight is 273 g/mol. The molecule has 2 rings (SSSR count). The molecule has 0 saturated heterocycles. The summed E-state index contributed by atoms with van der Waals surface area (Å²) < 4.78 is 5.15. The molecule has 2 aromatic rings. The van der Waals surface area contributed by atoms with Gasteiger partial charge in [0.1, 0.15) is 12.0 Å². The van der Waals surface area contributed by atoms with Crippen LogP contribution in [-0.2, 0) is 13.1 Å². The molecular formula is C15H19N3O2. The van der Waals surface area contributed by atoms with Gasteiger partial charge in [-0.15, -0.1) is 0 Å². The Hall–Kier alpha value is -2.11. The highest BCUT2D eigenvalue weighted by Crippen LogP contribution is 2.14. The normalized spacial score (nSPS) is 10.5. The van der Waals surface area contributed by atoms with Gasteiger partial charge in [-0.2, -0.15) is 0 Å². The Bertz CT molecular complexity index is 578. The largest absolute Gasteiger partial charge is 0.467 e. The highest BCUT2D eigenvalue weighted by molar-refractivity contribution is 6.04. The van der Waals surface area contributed by atoms with E-state index in [1.165, 1.54) is 6.26 Å². The van der Waals surface area contributed by atoms with E-state index in [9.17, 15) is 4.79 Å². The first-order valence-electron chi connectivity index (χ1n) is 6.61. The number of hydrogen-bond acceptors (Lipinski definition) is 4. The summed E-state index contributed by atoms with van der Waals surface area (Å²) in [7, 11) is 0. The van der Waals surface area contributed by atoms with Crippen LogP contribution in [0.2, 0.25) is 0 Å². The molecule has 0 spiro atoms. The zero-order valence-electron chi connectivity index (χ0n) is 11.5. The SMILES string of the molecule is CCNCc1cccc(NC(=O)c2coc(CN)c2)c1. The van der Waals surface area contributed by atoms with Gasteiger partial charge in [0.25, 0.3) is 5.91 Å². The van der Waals surface area contributed by atoms with Crippen molar-refractivity contribution < 1.29 is 9.21 Å². The number of rotatable bonds is 6. The third-order valence-corrected chi connectivity index (χ3v) is 2.88. The minimum absolute atomic E-state index is 0.200. The molecule has 1 heterocycles. The number of anilines is 1. The number of furan rings is 1. The van der Waals surface area contributed by atoms with Gasteiger partial charge in [0, 0.05) is 12.2 Å². The fraction of sp³-hybridized carbons (Fsp3) is 0.267. The van der Waals surface area contributed by atoms with E-state index >= 15 is 0 Å². The molecule has 1 aromatic heterocycles. The Morgan fingerprint density at radius 3 is 2.90 bits per heavy atom. The molecular weight excluding hydrogens is 254 g/mol. The molecule has 0 aliphatic heterocycles. The lowest BCUT2D eigenvalue weighted by atomic mass is 10.2. The summed E-state index contributed by atoms with van der Waals surface area (Å²) in [6.45, 7) is 4.03. The maximum atomic E-state index is 12.0. The van der Waals surface area contributed by atoms with Crippen LogP contribution in [0.25, 0.3) is 0 Å². The minimum Gasteiger partial charge on any atom is -0.467 e. The Kier molecular flexibility index (Phi) is 4.92. The smallest absolute Gasteiger partial charge is 0.258 e. The van der Waals surface area contributed by atoms with E-state index in [-0.39, 0.29) is 12.5 Å². The lowest BCUT2D eigenvalue weighted by molar-refractivity contribution is 0.102. The van der Waals surface area contributed by atoms with E-state index in [2.05, 4.69) is 17.6 Å². The van der Waals surface area contributed by atoms with Crippen molar-refractivity contribution in [2.24, 2.45) is 5.73 Å². The van der Waals surface area contributed by atoms with E-state index in [1.54, 1.807) is 6.07 Å². The van der Waals surface area contributed by atoms with Gasteiger partial charge >= 0.3 is 0 Å². The molecule has 1 aromatic carbocycles. The molecule has 0 aliphatic rings. The molecule has 5 heteroatoms. The number of carbonyl (C=O) groups excluding carboxylic acids is 1. The van der Waals surface area contributed by atoms with Crippen LogP contribution >= 0.6 is 0 Å². The van der Waals surface area contributed by atoms with E-state index in [0.717, 1.165) is 24.3 Å². The molecule has 106 valence electrons. The van der Waals surface area contributed by atoms with Crippen LogP contribution < -0.4 is 16.4 Å². The number of amides is 1. The van der Waals surface area contributed by atoms with Crippen molar-refractivity contribution in [1.29, 1.82) is 0 Å². The Labute approximate surface area is 118 Å². The first-order valence-corrected chi connectivity index (χ1v) is 6.61. The van der Waals surface area contributed by atoms with Crippen molar-refractivity contribution in [3.8, 4) is 0 Å². The summed E-state index contributed by atoms with van der Waals surface area (Å²) in [4.78, 5) is 12.0. The van der Waals surface area contributed by atoms with Crippen LogP contribution in [0.5, 0.6) is 0 Å². The van der Waals surface area contributed by atoms with Gasteiger partial charge in [0.05, 0.1) is 12.1 Å². The molecule has 0 fully saturated rings. The quantitative estimate of drug-likeness (QED) is 0.753. The average Bonchev–Trinajstić information content (AvgIpc) is 2.94. The van der Waals surface area contributed by atoms with Crippen LogP contribution in [0.1, 0.15) is 28.6 Å². The van der Waals surface area contributed by atoms with Crippen molar-refractivity contribution in [1.82, 2.24) is 5.32 Å². The minimum atomic E-state index is -0.200. The molecule has 0 aliphatic carbocycles. The molecule has 20 heavy (non-hydrogen) atoms. The second-order valence-corrected chi connectivity index (χ2v) is 4.44. The molecule has 0 saturated carbocycles. The summed E-state index contributed by atoms with van der Waals surface area (Å²) in [5, 5.41) is 6.09. The second-order valence-electron chi connectivity index (χ2n) is 4.44. The van der Waals surface area contributed by atoms with Gasteiger partial charge in [-0.1, -0.05) is 19.1 Å². The Morgan fingerprint density at radius 1 is 1.35 bits per heavy atom. The van der Waals surface area contributed by atoms with Crippen molar-refractivity contribution in [2.45, 2.75) is 20.0 Å². The number of hydrogen-bond donors (Lipinski definition) is 3. The number of nitrogens with two attached hydrogens (primary N) is 1. The maximum absolute atomic E-state index is 12.0. The lowest BCUT2D eigenvalue weighted by Gasteiger charge is -2.07. The lowest BCUT2D eigenvalue weighted by Crippen LogP contribution is -2.13. The third kappa shape index (κ3) is 3.69. The standard InChI is InChI=1S/C15H19N3O2/c1-2-17-9-11-4-3-5-13(6-11)18-15(19)12-7-14(8-16)20-10-12/h3-7,10,17H,2,8-9,16H2,1H3,(H,18,19). The summed E-state index contributed by atoms with van der Waals surface area (Å²) in [6, 6.07) is 9.39. The van der Waals surface area contributed by atoms with E-state index in [0.29, 0.717) is 11.3 Å². The van der Waals surface area contributed by atoms with Gasteiger partial charge < -0.3 is 20.8 Å². The zero-order valence-corrected chi connectivity index (χ0v) is 11.5. The van der Waals surface area contributed by atoms with Crippen molar-refractivity contribution >= 4 is 11.6 Å². The Morgan fingerprint density at radius 2 is 2.20 bits per heavy atom.